The Hall–Kier alpha value is -1.55. The maximum atomic E-state index is 13.9. The molecule has 2 heterocycles. The molecule has 2 aliphatic rings. The number of amides is 2. The highest BCUT2D eigenvalue weighted by Gasteiger charge is 2.66. The number of aliphatic carboxylic acids is 1. The third-order valence-corrected chi connectivity index (χ3v) is 5.16. The van der Waals surface area contributed by atoms with Crippen molar-refractivity contribution < 1.29 is 41.0 Å². The number of rotatable bonds is 6. The molecule has 4 N–H and O–H groups in total. The van der Waals surface area contributed by atoms with Crippen LogP contribution in [0.2, 0.25) is 0 Å². The number of urea groups is 1. The number of halogens is 4. The highest BCUT2D eigenvalue weighted by Crippen LogP contribution is 2.43. The molecule has 0 radical (unpaired) electrons. The molecule has 160 valence electrons. The van der Waals surface area contributed by atoms with E-state index in [4.69, 9.17) is 15.2 Å². The number of azide groups is 1. The third-order valence-electron chi connectivity index (χ3n) is 3.69. The Morgan fingerprint density at radius 2 is 2.04 bits per heavy atom. The van der Waals surface area contributed by atoms with Crippen molar-refractivity contribution in [1.82, 2.24) is 10.6 Å². The molecule has 28 heavy (non-hydrogen) atoms. The lowest BCUT2D eigenvalue weighted by molar-refractivity contribution is -0.230. The number of nitrogens with zero attached hydrogens (tertiary/aromatic N) is 3. The topological polar surface area (TPSA) is 164 Å². The van der Waals surface area contributed by atoms with Gasteiger partial charge >= 0.3 is 23.8 Å². The summed E-state index contributed by atoms with van der Waals surface area (Å²) in [6, 6.07) is -4.00. The molecule has 2 rings (SSSR count). The molecule has 2 unspecified atom stereocenters. The number of hydrogen-bond acceptors (Lipinski definition) is 6. The summed E-state index contributed by atoms with van der Waals surface area (Å²) in [7, 11) is -2.83. The van der Waals surface area contributed by atoms with Gasteiger partial charge in [-0.05, 0) is 12.0 Å². The molecule has 17 heteroatoms. The summed E-state index contributed by atoms with van der Waals surface area (Å²) in [6.07, 6.45) is 0.385. The van der Waals surface area contributed by atoms with Crippen LogP contribution in [-0.4, -0.2) is 73.1 Å². The normalized spacial score (nSPS) is 27.1. The fourth-order valence-corrected chi connectivity index (χ4v) is 4.03. The van der Waals surface area contributed by atoms with Crippen LogP contribution in [0.5, 0.6) is 0 Å². The van der Waals surface area contributed by atoms with E-state index >= 15 is 0 Å². The molecular formula is C11H15F4N5O5S3. The summed E-state index contributed by atoms with van der Waals surface area (Å²) >= 11 is 5.05. The Morgan fingerprint density at radius 3 is 2.50 bits per heavy atom. The van der Waals surface area contributed by atoms with Gasteiger partial charge in [0.15, 0.2) is 0 Å². The second-order valence-corrected chi connectivity index (χ2v) is 10.4. The minimum absolute atomic E-state index is 0.349. The Morgan fingerprint density at radius 1 is 1.50 bits per heavy atom. The Kier molecular flexibility index (Phi) is 7.74. The molecule has 0 aromatic carbocycles. The number of nitrogens with one attached hydrogen (secondary N) is 2. The van der Waals surface area contributed by atoms with Gasteiger partial charge in [-0.3, -0.25) is 0 Å². The first-order chi connectivity index (χ1) is 12.6. The van der Waals surface area contributed by atoms with Crippen LogP contribution in [0.25, 0.3) is 10.4 Å². The van der Waals surface area contributed by atoms with Gasteiger partial charge < -0.3 is 20.3 Å². The van der Waals surface area contributed by atoms with E-state index in [9.17, 15) is 31.4 Å². The third kappa shape index (κ3) is 5.97. The van der Waals surface area contributed by atoms with Crippen LogP contribution < -0.4 is 10.6 Å². The number of carboxylic acids is 1. The number of thioether (sulfide) groups is 1. The van der Waals surface area contributed by atoms with Crippen LogP contribution in [0, 0.1) is 0 Å². The van der Waals surface area contributed by atoms with Crippen molar-refractivity contribution in [1.29, 1.82) is 0 Å². The van der Waals surface area contributed by atoms with E-state index in [1.165, 1.54) is 0 Å². The predicted molar refractivity (Wildman–Crippen MR) is 94.6 cm³/mol. The molecular weight excluding hydrogens is 454 g/mol. The summed E-state index contributed by atoms with van der Waals surface area (Å²) < 4.78 is 71.7. The molecule has 0 aromatic rings. The highest BCUT2D eigenvalue weighted by molar-refractivity contribution is 8.29. The van der Waals surface area contributed by atoms with Crippen molar-refractivity contribution >= 4 is 43.7 Å². The van der Waals surface area contributed by atoms with E-state index in [2.05, 4.69) is 31.8 Å². The number of carboxylic acid groups (broad SMARTS) is 1. The maximum absolute atomic E-state index is 13.9. The number of carbonyl (C=O) groups excluding carboxylic acids is 1. The van der Waals surface area contributed by atoms with Crippen molar-refractivity contribution in [2.75, 3.05) is 12.0 Å². The van der Waals surface area contributed by atoms with E-state index in [0.717, 1.165) is 18.0 Å². The molecule has 0 aromatic heterocycles. The number of hydrogen-bond donors (Lipinski definition) is 4. The van der Waals surface area contributed by atoms with Crippen LogP contribution in [0.4, 0.5) is 22.4 Å². The zero-order valence-corrected chi connectivity index (χ0v) is 16.4. The van der Waals surface area contributed by atoms with E-state index in [0.29, 0.717) is 5.75 Å². The summed E-state index contributed by atoms with van der Waals surface area (Å²) in [5.74, 6) is -13.1. The van der Waals surface area contributed by atoms with Gasteiger partial charge in [-0.25, -0.2) is 13.8 Å². The van der Waals surface area contributed by atoms with E-state index in [1.54, 1.807) is 0 Å². The Labute approximate surface area is 164 Å². The Balaban J connectivity index is 0.000000696. The van der Waals surface area contributed by atoms with E-state index < -0.39 is 56.4 Å². The summed E-state index contributed by atoms with van der Waals surface area (Å²) in [6.45, 7) is 0. The summed E-state index contributed by atoms with van der Waals surface area (Å²) in [5, 5.41) is 15.3. The van der Waals surface area contributed by atoms with Gasteiger partial charge in [0, 0.05) is 33.4 Å². The predicted octanol–water partition coefficient (Wildman–Crippen LogP) is 1.41. The first-order valence-corrected chi connectivity index (χ1v) is 11.1. The molecule has 2 saturated heterocycles. The van der Waals surface area contributed by atoms with Crippen LogP contribution in [0.3, 0.4) is 0 Å². The van der Waals surface area contributed by atoms with Crippen molar-refractivity contribution in [2.24, 2.45) is 5.11 Å². The van der Waals surface area contributed by atoms with Gasteiger partial charge in [-0.1, -0.05) is 5.11 Å². The quantitative estimate of drug-likeness (QED) is 0.150. The maximum Gasteiger partial charge on any atom is 0.404 e. The average Bonchev–Trinajstić information content (AvgIpc) is 3.04. The SMILES string of the molecule is CS(=O)(O)=S.[N-]=[N+]=NC(C[C@@H]1SC[C@@H]2NC(=O)N[C@@H]21)C(F)(F)C(F)(F)C(=O)O. The zero-order valence-electron chi connectivity index (χ0n) is 13.9. The van der Waals surface area contributed by atoms with Gasteiger partial charge in [0.05, 0.1) is 12.1 Å². The lowest BCUT2D eigenvalue weighted by Gasteiger charge is -2.30. The molecule has 10 nitrogen and oxygen atoms in total. The molecule has 0 saturated carbocycles. The Bertz CT molecular complexity index is 769. The first-order valence-electron chi connectivity index (χ1n) is 7.25. The van der Waals surface area contributed by atoms with Gasteiger partial charge in [0.1, 0.15) is 14.8 Å². The van der Waals surface area contributed by atoms with Crippen molar-refractivity contribution in [3.63, 3.8) is 0 Å². The van der Waals surface area contributed by atoms with Crippen molar-refractivity contribution in [2.45, 2.75) is 41.6 Å². The van der Waals surface area contributed by atoms with E-state index in [1.807, 2.05) is 0 Å². The second-order valence-electron chi connectivity index (χ2n) is 5.81. The molecule has 2 amide bonds. The van der Waals surface area contributed by atoms with Gasteiger partial charge in [-0.15, -0.1) is 0 Å². The van der Waals surface area contributed by atoms with Gasteiger partial charge in [0.2, 0.25) is 0 Å². The summed E-state index contributed by atoms with van der Waals surface area (Å²) in [5.41, 5.74) is 8.35. The standard InChI is InChI=1S/C10H11F4N5O3S.CH4O2S2/c11-9(12,10(13,14)7(20)21)5(18-19-15)1-4-6-3(2-23-4)16-8(22)17-6;1-5(2,3)4/h3-6H,1-2H2,(H,20,21)(H2,16,17,22);1H3,(H,2,3,4)/t3-,4-,5?,6-;/m0./s1. The van der Waals surface area contributed by atoms with Gasteiger partial charge in [-0.2, -0.15) is 29.3 Å². The number of alkyl halides is 4. The molecule has 0 spiro atoms. The molecule has 2 fully saturated rings. The molecule has 5 atom stereocenters. The fraction of sp³-hybridized carbons (Fsp3) is 0.818. The molecule has 2 aliphatic heterocycles. The largest absolute Gasteiger partial charge is 0.477 e. The minimum atomic E-state index is -5.38. The van der Waals surface area contributed by atoms with Crippen LogP contribution >= 0.6 is 11.8 Å². The molecule has 0 aliphatic carbocycles. The molecule has 0 bridgehead atoms. The number of carbonyl (C=O) groups is 2. The monoisotopic (exact) mass is 469 g/mol. The van der Waals surface area contributed by atoms with Crippen LogP contribution in [0.15, 0.2) is 5.11 Å². The smallest absolute Gasteiger partial charge is 0.404 e. The second kappa shape index (κ2) is 8.86. The van der Waals surface area contributed by atoms with Crippen LogP contribution in [0.1, 0.15) is 6.42 Å². The lowest BCUT2D eigenvalue weighted by atomic mass is 9.95. The summed E-state index contributed by atoms with van der Waals surface area (Å²) in [4.78, 5) is 23.7. The highest BCUT2D eigenvalue weighted by atomic mass is 32.8. The first kappa shape index (κ1) is 24.5. The number of fused-ring (bicyclic) bond motifs is 1. The zero-order chi connectivity index (χ0) is 21.9. The van der Waals surface area contributed by atoms with E-state index in [-0.39, 0.29) is 6.04 Å². The lowest BCUT2D eigenvalue weighted by Crippen LogP contribution is -2.54. The van der Waals surface area contributed by atoms with Gasteiger partial charge in [0.25, 0.3) is 0 Å². The minimum Gasteiger partial charge on any atom is -0.477 e. The fourth-order valence-electron chi connectivity index (χ4n) is 2.50. The van der Waals surface area contributed by atoms with Crippen molar-refractivity contribution in [3.05, 3.63) is 10.4 Å². The average molecular weight is 469 g/mol. The van der Waals surface area contributed by atoms with Crippen molar-refractivity contribution in [3.8, 4) is 0 Å². The van der Waals surface area contributed by atoms with Crippen LogP contribution in [-0.2, 0) is 24.8 Å².